The number of methoxy groups -OCH3 is 1. The molecule has 2 aromatic rings. The first-order valence-corrected chi connectivity index (χ1v) is 10.3. The van der Waals surface area contributed by atoms with Gasteiger partial charge in [0.15, 0.2) is 0 Å². The quantitative estimate of drug-likeness (QED) is 0.217. The summed E-state index contributed by atoms with van der Waals surface area (Å²) in [7, 11) is 1.39. The molecule has 150 valence electrons. The van der Waals surface area contributed by atoms with E-state index in [2.05, 4.69) is 6.58 Å². The van der Waals surface area contributed by atoms with Gasteiger partial charge in [-0.2, -0.15) is 0 Å². The highest BCUT2D eigenvalue weighted by Gasteiger charge is 2.05. The molecule has 0 N–H and O–H groups in total. The number of hydrogen-bond acceptors (Lipinski definition) is 3. The van der Waals surface area contributed by atoms with Crippen LogP contribution in [0.2, 0.25) is 0 Å². The van der Waals surface area contributed by atoms with Crippen molar-refractivity contribution in [2.45, 2.75) is 51.4 Å². The SMILES string of the molecule is C=CCCCCCCCCCOc1ccc(-c2ccc(C(=O)OC)cc2)cc1. The van der Waals surface area contributed by atoms with E-state index in [-0.39, 0.29) is 5.97 Å². The summed E-state index contributed by atoms with van der Waals surface area (Å²) in [5, 5.41) is 0. The third-order valence-corrected chi connectivity index (χ3v) is 4.81. The summed E-state index contributed by atoms with van der Waals surface area (Å²) in [5.74, 6) is 0.586. The largest absolute Gasteiger partial charge is 0.494 e. The lowest BCUT2D eigenvalue weighted by Gasteiger charge is -2.08. The van der Waals surface area contributed by atoms with Crippen LogP contribution in [0.4, 0.5) is 0 Å². The van der Waals surface area contributed by atoms with E-state index in [0.29, 0.717) is 5.56 Å². The minimum atomic E-state index is -0.317. The van der Waals surface area contributed by atoms with E-state index < -0.39 is 0 Å². The maximum absolute atomic E-state index is 11.5. The summed E-state index contributed by atoms with van der Waals surface area (Å²) in [6.45, 7) is 4.52. The molecule has 0 radical (unpaired) electrons. The first-order chi connectivity index (χ1) is 13.7. The number of benzene rings is 2. The number of hydrogen-bond donors (Lipinski definition) is 0. The van der Waals surface area contributed by atoms with Crippen molar-refractivity contribution in [1.29, 1.82) is 0 Å². The second kappa shape index (κ2) is 12.8. The van der Waals surface area contributed by atoms with Crippen LogP contribution in [0, 0.1) is 0 Å². The molecule has 0 saturated carbocycles. The van der Waals surface area contributed by atoms with Gasteiger partial charge in [0.05, 0.1) is 19.3 Å². The van der Waals surface area contributed by atoms with Gasteiger partial charge in [0.2, 0.25) is 0 Å². The van der Waals surface area contributed by atoms with Gasteiger partial charge < -0.3 is 9.47 Å². The molecule has 3 heteroatoms. The Morgan fingerprint density at radius 2 is 1.36 bits per heavy atom. The van der Waals surface area contributed by atoms with Crippen molar-refractivity contribution >= 4 is 5.97 Å². The second-order valence-corrected chi connectivity index (χ2v) is 6.99. The Morgan fingerprint density at radius 3 is 1.93 bits per heavy atom. The van der Waals surface area contributed by atoms with Crippen LogP contribution < -0.4 is 4.74 Å². The number of carbonyl (C=O) groups excluding carboxylic acids is 1. The number of esters is 1. The molecule has 2 rings (SSSR count). The smallest absolute Gasteiger partial charge is 0.337 e. The zero-order valence-electron chi connectivity index (χ0n) is 17.0. The highest BCUT2D eigenvalue weighted by molar-refractivity contribution is 5.89. The molecule has 3 nitrogen and oxygen atoms in total. The summed E-state index contributed by atoms with van der Waals surface area (Å²) in [4.78, 5) is 11.5. The van der Waals surface area contributed by atoms with E-state index >= 15 is 0 Å². The Hall–Kier alpha value is -2.55. The molecule has 0 heterocycles. The van der Waals surface area contributed by atoms with E-state index in [1.165, 1.54) is 45.6 Å². The summed E-state index contributed by atoms with van der Waals surface area (Å²) in [6, 6.07) is 15.5. The van der Waals surface area contributed by atoms with Gasteiger partial charge in [-0.3, -0.25) is 0 Å². The van der Waals surface area contributed by atoms with Gasteiger partial charge >= 0.3 is 5.97 Å². The summed E-state index contributed by atoms with van der Waals surface area (Å²) in [6.07, 6.45) is 12.0. The Morgan fingerprint density at radius 1 is 0.821 bits per heavy atom. The molecule has 0 aliphatic carbocycles. The standard InChI is InChI=1S/C25H32O3/c1-3-4-5-6-7-8-9-10-11-20-28-24-18-16-22(17-19-24)21-12-14-23(15-13-21)25(26)27-2/h3,12-19H,1,4-11,20H2,2H3. The molecule has 0 unspecified atom stereocenters. The lowest BCUT2D eigenvalue weighted by Crippen LogP contribution is -2.00. The molecule has 0 saturated heterocycles. The van der Waals surface area contributed by atoms with Crippen molar-refractivity contribution < 1.29 is 14.3 Å². The molecular formula is C25H32O3. The fourth-order valence-corrected chi connectivity index (χ4v) is 3.12. The summed E-state index contributed by atoms with van der Waals surface area (Å²) in [5.41, 5.74) is 2.72. The normalized spacial score (nSPS) is 10.5. The van der Waals surface area contributed by atoms with Crippen LogP contribution in [0.3, 0.4) is 0 Å². The Labute approximate surface area is 169 Å². The molecule has 28 heavy (non-hydrogen) atoms. The number of allylic oxidation sites excluding steroid dienone is 1. The van der Waals surface area contributed by atoms with Crippen molar-refractivity contribution in [2.24, 2.45) is 0 Å². The van der Waals surface area contributed by atoms with Crippen molar-refractivity contribution in [1.82, 2.24) is 0 Å². The van der Waals surface area contributed by atoms with Crippen molar-refractivity contribution in [3.63, 3.8) is 0 Å². The monoisotopic (exact) mass is 380 g/mol. The highest BCUT2D eigenvalue weighted by atomic mass is 16.5. The predicted molar refractivity (Wildman–Crippen MR) is 116 cm³/mol. The minimum Gasteiger partial charge on any atom is -0.494 e. The van der Waals surface area contributed by atoms with Gasteiger partial charge in [-0.1, -0.05) is 62.4 Å². The van der Waals surface area contributed by atoms with Gasteiger partial charge in [-0.15, -0.1) is 6.58 Å². The molecule has 0 fully saturated rings. The number of carbonyl (C=O) groups is 1. The van der Waals surface area contributed by atoms with Crippen LogP contribution in [0.15, 0.2) is 61.2 Å². The minimum absolute atomic E-state index is 0.317. The molecule has 0 atom stereocenters. The molecule has 0 aliphatic rings. The summed E-state index contributed by atoms with van der Waals surface area (Å²) >= 11 is 0. The maximum Gasteiger partial charge on any atom is 0.337 e. The van der Waals surface area contributed by atoms with E-state index in [1.54, 1.807) is 12.1 Å². The predicted octanol–water partition coefficient (Wildman–Crippen LogP) is 6.83. The first-order valence-electron chi connectivity index (χ1n) is 10.3. The van der Waals surface area contributed by atoms with Crippen LogP contribution in [0.5, 0.6) is 5.75 Å². The molecule has 2 aromatic carbocycles. The molecule has 0 spiro atoms. The van der Waals surface area contributed by atoms with E-state index in [1.807, 2.05) is 42.5 Å². The van der Waals surface area contributed by atoms with Crippen molar-refractivity contribution in [3.05, 3.63) is 66.7 Å². The maximum atomic E-state index is 11.5. The van der Waals surface area contributed by atoms with Crippen LogP contribution in [0.25, 0.3) is 11.1 Å². The fraction of sp³-hybridized carbons (Fsp3) is 0.400. The molecule has 0 aromatic heterocycles. The van der Waals surface area contributed by atoms with Gasteiger partial charge in [0.1, 0.15) is 5.75 Å². The van der Waals surface area contributed by atoms with Crippen LogP contribution in [-0.2, 0) is 4.74 Å². The average Bonchev–Trinajstić information content (AvgIpc) is 2.75. The molecule has 0 amide bonds. The highest BCUT2D eigenvalue weighted by Crippen LogP contribution is 2.23. The fourth-order valence-electron chi connectivity index (χ4n) is 3.12. The number of ether oxygens (including phenoxy) is 2. The van der Waals surface area contributed by atoms with Crippen LogP contribution in [-0.4, -0.2) is 19.7 Å². The van der Waals surface area contributed by atoms with Gasteiger partial charge in [-0.25, -0.2) is 4.79 Å². The lowest BCUT2D eigenvalue weighted by molar-refractivity contribution is 0.0601. The zero-order valence-corrected chi connectivity index (χ0v) is 17.0. The van der Waals surface area contributed by atoms with Gasteiger partial charge in [-0.05, 0) is 54.7 Å². The van der Waals surface area contributed by atoms with E-state index in [0.717, 1.165) is 36.3 Å². The van der Waals surface area contributed by atoms with Gasteiger partial charge in [0, 0.05) is 0 Å². The number of rotatable bonds is 13. The lowest BCUT2D eigenvalue weighted by atomic mass is 10.0. The number of unbranched alkanes of at least 4 members (excludes halogenated alkanes) is 7. The average molecular weight is 381 g/mol. The zero-order chi connectivity index (χ0) is 20.0. The molecule has 0 bridgehead atoms. The third-order valence-electron chi connectivity index (χ3n) is 4.81. The third kappa shape index (κ3) is 7.59. The van der Waals surface area contributed by atoms with E-state index in [4.69, 9.17) is 9.47 Å². The topological polar surface area (TPSA) is 35.5 Å². The second-order valence-electron chi connectivity index (χ2n) is 6.99. The van der Waals surface area contributed by atoms with Crippen LogP contribution in [0.1, 0.15) is 61.7 Å². The van der Waals surface area contributed by atoms with E-state index in [9.17, 15) is 4.79 Å². The Bertz CT molecular complexity index is 702. The van der Waals surface area contributed by atoms with Crippen LogP contribution >= 0.6 is 0 Å². The molecular weight excluding hydrogens is 348 g/mol. The Kier molecular flexibility index (Phi) is 9.92. The van der Waals surface area contributed by atoms with Crippen molar-refractivity contribution in [3.8, 4) is 16.9 Å². The molecule has 0 aliphatic heterocycles. The summed E-state index contributed by atoms with van der Waals surface area (Å²) < 4.78 is 10.6. The Balaban J connectivity index is 1.66. The van der Waals surface area contributed by atoms with Crippen molar-refractivity contribution in [2.75, 3.05) is 13.7 Å². The first kappa shape index (κ1) is 21.7. The van der Waals surface area contributed by atoms with Gasteiger partial charge in [0.25, 0.3) is 0 Å².